The van der Waals surface area contributed by atoms with Gasteiger partial charge in [-0.05, 0) is 81.6 Å². The molecule has 2 heterocycles. The van der Waals surface area contributed by atoms with Crippen LogP contribution in [0.4, 0.5) is 10.5 Å². The van der Waals surface area contributed by atoms with Crippen molar-refractivity contribution in [2.24, 2.45) is 10.9 Å². The Labute approximate surface area is 206 Å². The number of aliphatic imine (C=N–C) groups is 1. The highest BCUT2D eigenvalue weighted by molar-refractivity contribution is 5.95. The van der Waals surface area contributed by atoms with Gasteiger partial charge < -0.3 is 25.4 Å². The van der Waals surface area contributed by atoms with Gasteiger partial charge >= 0.3 is 6.03 Å². The van der Waals surface area contributed by atoms with Crippen molar-refractivity contribution in [3.8, 4) is 17.2 Å². The molecule has 3 aromatic rings. The maximum absolute atomic E-state index is 11.9. The average Bonchev–Trinajstić information content (AvgIpc) is 2.86. The van der Waals surface area contributed by atoms with Crippen molar-refractivity contribution in [1.82, 2.24) is 15.6 Å². The molecule has 1 saturated heterocycles. The van der Waals surface area contributed by atoms with Gasteiger partial charge in [0.05, 0.1) is 12.1 Å². The van der Waals surface area contributed by atoms with E-state index in [0.29, 0.717) is 30.6 Å². The fraction of sp³-hybridized carbons (Fsp3) is 0.370. The predicted octanol–water partition coefficient (Wildman–Crippen LogP) is 4.90. The Morgan fingerprint density at radius 3 is 2.77 bits per heavy atom. The quantitative estimate of drug-likeness (QED) is 0.403. The highest BCUT2D eigenvalue weighted by atomic mass is 16.5. The van der Waals surface area contributed by atoms with Crippen molar-refractivity contribution in [1.29, 1.82) is 0 Å². The number of nitrogens with zero attached hydrogens (tertiary/aromatic N) is 2. The van der Waals surface area contributed by atoms with Crippen LogP contribution in [0.5, 0.6) is 17.2 Å². The third-order valence-electron chi connectivity index (χ3n) is 6.05. The molecular weight excluding hydrogens is 442 g/mol. The molecule has 8 nitrogen and oxygen atoms in total. The minimum Gasteiger partial charge on any atom is -0.493 e. The summed E-state index contributed by atoms with van der Waals surface area (Å²) in [6.45, 7) is 7.14. The van der Waals surface area contributed by atoms with Crippen LogP contribution < -0.4 is 25.4 Å². The molecule has 2 amide bonds. The molecule has 2 aromatic carbocycles. The molecule has 0 saturated carbocycles. The lowest BCUT2D eigenvalue weighted by atomic mass is 9.99. The number of hydrogen-bond donors (Lipinski definition) is 3. The van der Waals surface area contributed by atoms with Crippen molar-refractivity contribution in [2.75, 3.05) is 38.6 Å². The SMILES string of the molecule is CCNC(=O)Nc1ccc(Oc2ccnc3cc(OCC4CCNCC4)c(C=NC)cc23)cc1C. The van der Waals surface area contributed by atoms with E-state index in [-0.39, 0.29) is 6.03 Å². The summed E-state index contributed by atoms with van der Waals surface area (Å²) in [6, 6.07) is 11.2. The number of carbonyl (C=O) groups is 1. The van der Waals surface area contributed by atoms with E-state index >= 15 is 0 Å². The minimum atomic E-state index is -0.229. The maximum atomic E-state index is 11.9. The van der Waals surface area contributed by atoms with E-state index in [9.17, 15) is 4.79 Å². The molecule has 0 radical (unpaired) electrons. The second kappa shape index (κ2) is 11.7. The number of aryl methyl sites for hydroxylation is 1. The van der Waals surface area contributed by atoms with Crippen LogP contribution in [0.2, 0.25) is 0 Å². The first kappa shape index (κ1) is 24.5. The van der Waals surface area contributed by atoms with Crippen molar-refractivity contribution in [3.05, 3.63) is 53.7 Å². The molecule has 1 aromatic heterocycles. The summed E-state index contributed by atoms with van der Waals surface area (Å²) in [5.41, 5.74) is 3.33. The van der Waals surface area contributed by atoms with Gasteiger partial charge in [0.1, 0.15) is 17.2 Å². The third kappa shape index (κ3) is 6.27. The number of hydrogen-bond acceptors (Lipinski definition) is 6. The fourth-order valence-corrected chi connectivity index (χ4v) is 4.17. The van der Waals surface area contributed by atoms with E-state index in [2.05, 4.69) is 25.9 Å². The first-order valence-electron chi connectivity index (χ1n) is 12.1. The molecule has 35 heavy (non-hydrogen) atoms. The van der Waals surface area contributed by atoms with Gasteiger partial charge in [-0.3, -0.25) is 9.98 Å². The average molecular weight is 476 g/mol. The normalized spacial score (nSPS) is 14.3. The predicted molar refractivity (Wildman–Crippen MR) is 140 cm³/mol. The van der Waals surface area contributed by atoms with Gasteiger partial charge in [-0.2, -0.15) is 0 Å². The highest BCUT2D eigenvalue weighted by Crippen LogP contribution is 2.34. The monoisotopic (exact) mass is 475 g/mol. The van der Waals surface area contributed by atoms with E-state index < -0.39 is 0 Å². The lowest BCUT2D eigenvalue weighted by Crippen LogP contribution is -2.30. The van der Waals surface area contributed by atoms with Crippen LogP contribution in [0.1, 0.15) is 30.9 Å². The molecule has 184 valence electrons. The molecule has 1 aliphatic heterocycles. The van der Waals surface area contributed by atoms with Crippen LogP contribution in [0.25, 0.3) is 10.9 Å². The molecule has 1 fully saturated rings. The summed E-state index contributed by atoms with van der Waals surface area (Å²) in [5, 5.41) is 9.85. The van der Waals surface area contributed by atoms with Crippen molar-refractivity contribution < 1.29 is 14.3 Å². The molecule has 0 bridgehead atoms. The molecule has 0 unspecified atom stereocenters. The van der Waals surface area contributed by atoms with Crippen molar-refractivity contribution in [2.45, 2.75) is 26.7 Å². The molecular formula is C27H33N5O3. The van der Waals surface area contributed by atoms with E-state index in [1.165, 1.54) is 0 Å². The Kier molecular flexibility index (Phi) is 8.15. The van der Waals surface area contributed by atoms with Gasteiger partial charge in [0, 0.05) is 48.7 Å². The van der Waals surface area contributed by atoms with Gasteiger partial charge in [-0.1, -0.05) is 0 Å². The lowest BCUT2D eigenvalue weighted by molar-refractivity contribution is 0.215. The number of nitrogens with one attached hydrogen (secondary N) is 3. The van der Waals surface area contributed by atoms with Crippen LogP contribution in [0, 0.1) is 12.8 Å². The van der Waals surface area contributed by atoms with Gasteiger partial charge in [-0.25, -0.2) is 4.79 Å². The van der Waals surface area contributed by atoms with Gasteiger partial charge in [-0.15, -0.1) is 0 Å². The van der Waals surface area contributed by atoms with E-state index in [0.717, 1.165) is 59.4 Å². The van der Waals surface area contributed by atoms with Crippen LogP contribution in [0.15, 0.2) is 47.6 Å². The Morgan fingerprint density at radius 1 is 1.20 bits per heavy atom. The molecule has 0 atom stereocenters. The second-order valence-electron chi connectivity index (χ2n) is 8.67. The summed E-state index contributed by atoms with van der Waals surface area (Å²) >= 11 is 0. The third-order valence-corrected chi connectivity index (χ3v) is 6.05. The van der Waals surface area contributed by atoms with E-state index in [1.807, 2.05) is 50.2 Å². The number of rotatable bonds is 8. The van der Waals surface area contributed by atoms with E-state index in [1.54, 1.807) is 19.5 Å². The summed E-state index contributed by atoms with van der Waals surface area (Å²) < 4.78 is 12.5. The molecule has 8 heteroatoms. The molecule has 4 rings (SSSR count). The Morgan fingerprint density at radius 2 is 2.03 bits per heavy atom. The molecule has 0 spiro atoms. The number of fused-ring (bicyclic) bond motifs is 1. The molecule has 3 N–H and O–H groups in total. The number of ether oxygens (including phenoxy) is 2. The summed E-state index contributed by atoms with van der Waals surface area (Å²) in [6.07, 6.45) is 5.79. The Bertz CT molecular complexity index is 1200. The van der Waals surface area contributed by atoms with Crippen LogP contribution in [0.3, 0.4) is 0 Å². The van der Waals surface area contributed by atoms with Crippen molar-refractivity contribution in [3.63, 3.8) is 0 Å². The highest BCUT2D eigenvalue weighted by Gasteiger charge is 2.16. The number of aromatic nitrogens is 1. The number of anilines is 1. The lowest BCUT2D eigenvalue weighted by Gasteiger charge is -2.23. The molecule has 1 aliphatic rings. The zero-order valence-corrected chi connectivity index (χ0v) is 20.6. The maximum Gasteiger partial charge on any atom is 0.319 e. The second-order valence-corrected chi connectivity index (χ2v) is 8.67. The van der Waals surface area contributed by atoms with Gasteiger partial charge in [0.2, 0.25) is 0 Å². The zero-order valence-electron chi connectivity index (χ0n) is 20.6. The number of carbonyl (C=O) groups excluding carboxylic acids is 1. The first-order valence-corrected chi connectivity index (χ1v) is 12.1. The van der Waals surface area contributed by atoms with Crippen LogP contribution in [-0.2, 0) is 0 Å². The number of urea groups is 1. The summed E-state index contributed by atoms with van der Waals surface area (Å²) in [5.74, 6) is 2.69. The van der Waals surface area contributed by atoms with E-state index in [4.69, 9.17) is 9.47 Å². The topological polar surface area (TPSA) is 96.9 Å². The Balaban J connectivity index is 1.57. The van der Waals surface area contributed by atoms with Gasteiger partial charge in [0.25, 0.3) is 0 Å². The summed E-state index contributed by atoms with van der Waals surface area (Å²) in [4.78, 5) is 20.6. The smallest absolute Gasteiger partial charge is 0.319 e. The number of benzene rings is 2. The molecule has 0 aliphatic carbocycles. The van der Waals surface area contributed by atoms with Gasteiger partial charge in [0.15, 0.2) is 0 Å². The fourth-order valence-electron chi connectivity index (χ4n) is 4.17. The standard InChI is InChI=1S/C27H33N5O3/c1-4-30-27(33)32-23-6-5-21(13-18(23)2)35-25-9-12-31-24-15-26(20(16-28-3)14-22(24)25)34-17-19-7-10-29-11-8-19/h5-6,9,12-16,19,29H,4,7-8,10-11,17H2,1-3H3,(H2,30,32,33). The van der Waals surface area contributed by atoms with Crippen LogP contribution >= 0.6 is 0 Å². The minimum absolute atomic E-state index is 0.229. The largest absolute Gasteiger partial charge is 0.493 e. The number of amides is 2. The Hall–Kier alpha value is -3.65. The van der Waals surface area contributed by atoms with Crippen molar-refractivity contribution >= 4 is 28.8 Å². The number of pyridine rings is 1. The first-order chi connectivity index (χ1) is 17.1. The summed E-state index contributed by atoms with van der Waals surface area (Å²) in [7, 11) is 1.75. The zero-order chi connectivity index (χ0) is 24.6. The number of piperidine rings is 1. The van der Waals surface area contributed by atoms with Crippen LogP contribution in [-0.4, -0.2) is 50.5 Å².